The molecular weight excluding hydrogens is 260 g/mol. The summed E-state index contributed by atoms with van der Waals surface area (Å²) in [6, 6.07) is 15.0. The SMILES string of the molecule is CC(NC(=O)CC1CCCN1)c1cccc2ccccc12. The molecular formula is C18H22N2O. The lowest BCUT2D eigenvalue weighted by molar-refractivity contribution is -0.122. The highest BCUT2D eigenvalue weighted by Gasteiger charge is 2.19. The molecule has 0 spiro atoms. The van der Waals surface area contributed by atoms with Crippen molar-refractivity contribution in [1.29, 1.82) is 0 Å². The molecule has 1 aliphatic rings. The molecule has 21 heavy (non-hydrogen) atoms. The van der Waals surface area contributed by atoms with Crippen LogP contribution in [0.25, 0.3) is 10.8 Å². The highest BCUT2D eigenvalue weighted by molar-refractivity contribution is 5.87. The van der Waals surface area contributed by atoms with Crippen molar-refractivity contribution in [3.63, 3.8) is 0 Å². The predicted octanol–water partition coefficient (Wildman–Crippen LogP) is 3.16. The minimum absolute atomic E-state index is 0.0324. The molecule has 0 aliphatic carbocycles. The van der Waals surface area contributed by atoms with Crippen molar-refractivity contribution in [1.82, 2.24) is 10.6 Å². The first-order valence-electron chi connectivity index (χ1n) is 7.74. The van der Waals surface area contributed by atoms with Crippen LogP contribution >= 0.6 is 0 Å². The van der Waals surface area contributed by atoms with E-state index in [-0.39, 0.29) is 11.9 Å². The van der Waals surface area contributed by atoms with Gasteiger partial charge in [0.1, 0.15) is 0 Å². The lowest BCUT2D eigenvalue weighted by Crippen LogP contribution is -2.33. The third kappa shape index (κ3) is 3.24. The van der Waals surface area contributed by atoms with Gasteiger partial charge in [0.15, 0.2) is 0 Å². The molecule has 3 rings (SSSR count). The molecule has 0 bridgehead atoms. The maximum atomic E-state index is 12.2. The summed E-state index contributed by atoms with van der Waals surface area (Å²) in [5.74, 6) is 0.134. The third-order valence-corrected chi connectivity index (χ3v) is 4.26. The smallest absolute Gasteiger partial charge is 0.222 e. The standard InChI is InChI=1S/C18H22N2O/c1-13(20-18(21)12-15-8-5-11-19-15)16-10-4-7-14-6-2-3-9-17(14)16/h2-4,6-7,9-10,13,15,19H,5,8,11-12H2,1H3,(H,20,21). The summed E-state index contributed by atoms with van der Waals surface area (Å²) in [5, 5.41) is 8.94. The first-order chi connectivity index (χ1) is 10.2. The van der Waals surface area contributed by atoms with E-state index in [0.29, 0.717) is 12.5 Å². The number of carbonyl (C=O) groups excluding carboxylic acids is 1. The minimum atomic E-state index is 0.0324. The van der Waals surface area contributed by atoms with Crippen LogP contribution in [0, 0.1) is 0 Å². The van der Waals surface area contributed by atoms with Gasteiger partial charge in [-0.05, 0) is 42.6 Å². The minimum Gasteiger partial charge on any atom is -0.350 e. The molecule has 1 amide bonds. The molecule has 2 aromatic carbocycles. The third-order valence-electron chi connectivity index (χ3n) is 4.26. The van der Waals surface area contributed by atoms with Crippen LogP contribution in [-0.4, -0.2) is 18.5 Å². The van der Waals surface area contributed by atoms with Gasteiger partial charge in [-0.1, -0.05) is 42.5 Å². The summed E-state index contributed by atoms with van der Waals surface area (Å²) in [6.45, 7) is 3.10. The van der Waals surface area contributed by atoms with Gasteiger partial charge in [-0.3, -0.25) is 4.79 Å². The second-order valence-corrected chi connectivity index (χ2v) is 5.85. The summed E-state index contributed by atoms with van der Waals surface area (Å²) in [6.07, 6.45) is 2.86. The van der Waals surface area contributed by atoms with Crippen LogP contribution in [-0.2, 0) is 4.79 Å². The summed E-state index contributed by atoms with van der Waals surface area (Å²) in [5.41, 5.74) is 1.18. The molecule has 3 nitrogen and oxygen atoms in total. The largest absolute Gasteiger partial charge is 0.350 e. The monoisotopic (exact) mass is 282 g/mol. The first-order valence-corrected chi connectivity index (χ1v) is 7.74. The second kappa shape index (κ2) is 6.27. The average Bonchev–Trinajstić information content (AvgIpc) is 2.99. The molecule has 1 saturated heterocycles. The van der Waals surface area contributed by atoms with Gasteiger partial charge < -0.3 is 10.6 Å². The Morgan fingerprint density at radius 2 is 2.10 bits per heavy atom. The molecule has 3 heteroatoms. The van der Waals surface area contributed by atoms with Crippen LogP contribution < -0.4 is 10.6 Å². The van der Waals surface area contributed by atoms with Crippen LogP contribution in [0.1, 0.15) is 37.8 Å². The van der Waals surface area contributed by atoms with E-state index in [4.69, 9.17) is 0 Å². The van der Waals surface area contributed by atoms with Crippen molar-refractivity contribution in [3.8, 4) is 0 Å². The van der Waals surface area contributed by atoms with Crippen LogP contribution in [0.2, 0.25) is 0 Å². The Bertz CT molecular complexity index is 627. The number of hydrogen-bond acceptors (Lipinski definition) is 2. The molecule has 2 aromatic rings. The lowest BCUT2D eigenvalue weighted by atomic mass is 9.99. The zero-order valence-electron chi connectivity index (χ0n) is 12.4. The van der Waals surface area contributed by atoms with Gasteiger partial charge in [-0.25, -0.2) is 0 Å². The van der Waals surface area contributed by atoms with E-state index >= 15 is 0 Å². The highest BCUT2D eigenvalue weighted by atomic mass is 16.1. The molecule has 0 aromatic heterocycles. The average molecular weight is 282 g/mol. The van der Waals surface area contributed by atoms with E-state index in [2.05, 4.69) is 47.9 Å². The summed E-state index contributed by atoms with van der Waals surface area (Å²) < 4.78 is 0. The van der Waals surface area contributed by atoms with Gasteiger partial charge in [0.2, 0.25) is 5.91 Å². The molecule has 2 N–H and O–H groups in total. The van der Waals surface area contributed by atoms with E-state index in [1.807, 2.05) is 12.1 Å². The number of benzene rings is 2. The van der Waals surface area contributed by atoms with E-state index in [1.165, 1.54) is 22.8 Å². The molecule has 0 radical (unpaired) electrons. The van der Waals surface area contributed by atoms with Crippen LogP contribution in [0.3, 0.4) is 0 Å². The normalized spacial score (nSPS) is 19.6. The number of carbonyl (C=O) groups is 1. The van der Waals surface area contributed by atoms with E-state index < -0.39 is 0 Å². The lowest BCUT2D eigenvalue weighted by Gasteiger charge is -2.18. The Morgan fingerprint density at radius 3 is 2.90 bits per heavy atom. The Hall–Kier alpha value is -1.87. The molecule has 1 heterocycles. The topological polar surface area (TPSA) is 41.1 Å². The molecule has 0 saturated carbocycles. The molecule has 2 atom stereocenters. The summed E-state index contributed by atoms with van der Waals surface area (Å²) >= 11 is 0. The number of hydrogen-bond donors (Lipinski definition) is 2. The van der Waals surface area contributed by atoms with Crippen molar-refractivity contribution < 1.29 is 4.79 Å². The zero-order chi connectivity index (χ0) is 14.7. The van der Waals surface area contributed by atoms with Gasteiger partial charge >= 0.3 is 0 Å². The van der Waals surface area contributed by atoms with E-state index in [9.17, 15) is 4.79 Å². The Balaban J connectivity index is 1.71. The van der Waals surface area contributed by atoms with E-state index in [0.717, 1.165) is 13.0 Å². The van der Waals surface area contributed by atoms with Crippen molar-refractivity contribution in [2.24, 2.45) is 0 Å². The fraction of sp³-hybridized carbons (Fsp3) is 0.389. The predicted molar refractivity (Wildman–Crippen MR) is 86.1 cm³/mol. The molecule has 110 valence electrons. The van der Waals surface area contributed by atoms with Crippen molar-refractivity contribution in [2.75, 3.05) is 6.54 Å². The number of nitrogens with one attached hydrogen (secondary N) is 2. The maximum Gasteiger partial charge on any atom is 0.222 e. The number of fused-ring (bicyclic) bond motifs is 1. The number of rotatable bonds is 4. The molecule has 1 fully saturated rings. The van der Waals surface area contributed by atoms with Gasteiger partial charge in [-0.15, -0.1) is 0 Å². The summed E-state index contributed by atoms with van der Waals surface area (Å²) in [7, 11) is 0. The van der Waals surface area contributed by atoms with Crippen molar-refractivity contribution >= 4 is 16.7 Å². The quantitative estimate of drug-likeness (QED) is 0.904. The first kappa shape index (κ1) is 14.1. The van der Waals surface area contributed by atoms with E-state index in [1.54, 1.807) is 0 Å². The number of amides is 1. The van der Waals surface area contributed by atoms with Crippen LogP contribution in [0.4, 0.5) is 0 Å². The Labute approximate surface area is 125 Å². The van der Waals surface area contributed by atoms with Gasteiger partial charge in [0, 0.05) is 12.5 Å². The summed E-state index contributed by atoms with van der Waals surface area (Å²) in [4.78, 5) is 12.2. The van der Waals surface area contributed by atoms with Crippen LogP contribution in [0.5, 0.6) is 0 Å². The van der Waals surface area contributed by atoms with Gasteiger partial charge in [0.25, 0.3) is 0 Å². The van der Waals surface area contributed by atoms with Crippen molar-refractivity contribution in [2.45, 2.75) is 38.3 Å². The zero-order valence-corrected chi connectivity index (χ0v) is 12.4. The Morgan fingerprint density at radius 1 is 1.29 bits per heavy atom. The van der Waals surface area contributed by atoms with Crippen molar-refractivity contribution in [3.05, 3.63) is 48.0 Å². The molecule has 1 aliphatic heterocycles. The molecule has 2 unspecified atom stereocenters. The fourth-order valence-electron chi connectivity index (χ4n) is 3.16. The second-order valence-electron chi connectivity index (χ2n) is 5.85. The fourth-order valence-corrected chi connectivity index (χ4v) is 3.16. The van der Waals surface area contributed by atoms with Crippen LogP contribution in [0.15, 0.2) is 42.5 Å². The highest BCUT2D eigenvalue weighted by Crippen LogP contribution is 2.24. The van der Waals surface area contributed by atoms with Gasteiger partial charge in [0.05, 0.1) is 6.04 Å². The van der Waals surface area contributed by atoms with Gasteiger partial charge in [-0.2, -0.15) is 0 Å². The maximum absolute atomic E-state index is 12.2. The Kier molecular flexibility index (Phi) is 4.20.